The molecule has 1 aliphatic carbocycles. The molecular weight excluding hydrogens is 388 g/mol. The number of aromatic nitrogens is 1. The Kier molecular flexibility index (Phi) is 12.1. The summed E-state index contributed by atoms with van der Waals surface area (Å²) < 4.78 is 0. The summed E-state index contributed by atoms with van der Waals surface area (Å²) in [5.74, 6) is 0.842. The molecular formula is C26H40N2O3. The Balaban J connectivity index is 1.57. The van der Waals surface area contributed by atoms with Crippen LogP contribution in [0.2, 0.25) is 0 Å². The van der Waals surface area contributed by atoms with Crippen molar-refractivity contribution in [2.24, 2.45) is 11.8 Å². The number of nitrogens with zero attached hydrogens (tertiary/aromatic N) is 1. The van der Waals surface area contributed by atoms with Crippen molar-refractivity contribution in [2.75, 3.05) is 0 Å². The highest BCUT2D eigenvalue weighted by atomic mass is 16.3. The maximum absolute atomic E-state index is 12.3. The predicted molar refractivity (Wildman–Crippen MR) is 124 cm³/mol. The highest BCUT2D eigenvalue weighted by molar-refractivity contribution is 5.83. The predicted octanol–water partition coefficient (Wildman–Crippen LogP) is 5.13. The van der Waals surface area contributed by atoms with Crippen molar-refractivity contribution >= 4 is 11.7 Å². The summed E-state index contributed by atoms with van der Waals surface area (Å²) in [6.45, 7) is 2.64. The van der Waals surface area contributed by atoms with Gasteiger partial charge in [0.25, 0.3) is 0 Å². The number of hydrogen-bond acceptors (Lipinski definition) is 4. The Hall–Kier alpha value is -2.01. The summed E-state index contributed by atoms with van der Waals surface area (Å²) in [4.78, 5) is 28.4. The number of allylic oxidation sites excluding steroid dienone is 1. The van der Waals surface area contributed by atoms with Crippen molar-refractivity contribution in [3.63, 3.8) is 0 Å². The van der Waals surface area contributed by atoms with E-state index >= 15 is 0 Å². The van der Waals surface area contributed by atoms with Crippen molar-refractivity contribution in [1.82, 2.24) is 10.3 Å². The zero-order chi connectivity index (χ0) is 22.3. The number of Topliss-reactive ketones (excluding diaryl/α,β-unsaturated/α-hetero) is 1. The van der Waals surface area contributed by atoms with Gasteiger partial charge in [-0.05, 0) is 43.7 Å². The number of unbranched alkanes of at least 4 members (excludes halogenated alkanes) is 5. The Bertz CT molecular complexity index is 674. The molecule has 5 heteroatoms. The van der Waals surface area contributed by atoms with Crippen LogP contribution in [0.3, 0.4) is 0 Å². The number of carbonyl (C=O) groups is 2. The lowest BCUT2D eigenvalue weighted by Crippen LogP contribution is -2.22. The van der Waals surface area contributed by atoms with Crippen LogP contribution in [0.25, 0.3) is 0 Å². The van der Waals surface area contributed by atoms with E-state index in [0.29, 0.717) is 25.2 Å². The molecule has 1 amide bonds. The van der Waals surface area contributed by atoms with Gasteiger partial charge in [0.15, 0.2) is 0 Å². The van der Waals surface area contributed by atoms with Crippen molar-refractivity contribution in [2.45, 2.75) is 96.6 Å². The van der Waals surface area contributed by atoms with Crippen molar-refractivity contribution in [3.05, 3.63) is 42.2 Å². The zero-order valence-electron chi connectivity index (χ0n) is 19.1. The normalized spacial score (nSPS) is 19.7. The molecule has 172 valence electrons. The molecule has 1 aromatic rings. The molecule has 1 aliphatic rings. The third-order valence-corrected chi connectivity index (χ3v) is 6.20. The van der Waals surface area contributed by atoms with Gasteiger partial charge in [-0.2, -0.15) is 0 Å². The third kappa shape index (κ3) is 10.2. The fourth-order valence-electron chi connectivity index (χ4n) is 4.29. The van der Waals surface area contributed by atoms with Gasteiger partial charge < -0.3 is 10.4 Å². The van der Waals surface area contributed by atoms with Crippen LogP contribution in [0, 0.1) is 11.8 Å². The van der Waals surface area contributed by atoms with Gasteiger partial charge in [0, 0.05) is 25.0 Å². The summed E-state index contributed by atoms with van der Waals surface area (Å²) in [6, 6.07) is 5.68. The monoisotopic (exact) mass is 428 g/mol. The Morgan fingerprint density at radius 2 is 2.06 bits per heavy atom. The highest BCUT2D eigenvalue weighted by Crippen LogP contribution is 2.34. The zero-order valence-corrected chi connectivity index (χ0v) is 19.1. The van der Waals surface area contributed by atoms with E-state index in [9.17, 15) is 14.7 Å². The summed E-state index contributed by atoms with van der Waals surface area (Å²) in [5, 5.41) is 13.0. The van der Waals surface area contributed by atoms with E-state index in [2.05, 4.69) is 23.3 Å². The van der Waals surface area contributed by atoms with Crippen LogP contribution < -0.4 is 5.32 Å². The summed E-state index contributed by atoms with van der Waals surface area (Å²) >= 11 is 0. The number of amides is 1. The molecule has 1 saturated carbocycles. The lowest BCUT2D eigenvalue weighted by atomic mass is 9.89. The number of rotatable bonds is 15. The molecule has 0 saturated heterocycles. The SMILES string of the molecule is CCCCC[C@H](O)C=C[C@H]1CCC(=O)[C@@H]1CCCCCCC(=O)NCc1ccccn1. The largest absolute Gasteiger partial charge is 0.389 e. The molecule has 3 atom stereocenters. The van der Waals surface area contributed by atoms with Gasteiger partial charge in [0.2, 0.25) is 5.91 Å². The Morgan fingerprint density at radius 1 is 1.23 bits per heavy atom. The first-order chi connectivity index (χ1) is 15.1. The number of nitrogens with one attached hydrogen (secondary N) is 1. The molecule has 1 fully saturated rings. The van der Waals surface area contributed by atoms with Gasteiger partial charge in [-0.3, -0.25) is 14.6 Å². The molecule has 1 heterocycles. The van der Waals surface area contributed by atoms with Gasteiger partial charge >= 0.3 is 0 Å². The summed E-state index contributed by atoms with van der Waals surface area (Å²) in [7, 11) is 0. The molecule has 0 unspecified atom stereocenters. The van der Waals surface area contributed by atoms with E-state index in [4.69, 9.17) is 0 Å². The van der Waals surface area contributed by atoms with E-state index in [1.54, 1.807) is 6.20 Å². The number of carbonyl (C=O) groups excluding carboxylic acids is 2. The number of aliphatic hydroxyl groups is 1. The molecule has 31 heavy (non-hydrogen) atoms. The highest BCUT2D eigenvalue weighted by Gasteiger charge is 2.32. The molecule has 0 spiro atoms. The van der Waals surface area contributed by atoms with Gasteiger partial charge in [-0.25, -0.2) is 0 Å². The van der Waals surface area contributed by atoms with E-state index in [-0.39, 0.29) is 23.8 Å². The fraction of sp³-hybridized carbons (Fsp3) is 0.654. The van der Waals surface area contributed by atoms with Gasteiger partial charge in [0.05, 0.1) is 18.3 Å². The van der Waals surface area contributed by atoms with Crippen LogP contribution in [-0.4, -0.2) is 27.9 Å². The smallest absolute Gasteiger partial charge is 0.220 e. The van der Waals surface area contributed by atoms with Gasteiger partial charge in [-0.1, -0.05) is 63.7 Å². The second-order valence-electron chi connectivity index (χ2n) is 8.77. The molecule has 0 radical (unpaired) electrons. The Labute approximate surface area is 187 Å². The Morgan fingerprint density at radius 3 is 2.84 bits per heavy atom. The third-order valence-electron chi connectivity index (χ3n) is 6.20. The van der Waals surface area contributed by atoms with E-state index in [1.807, 2.05) is 24.3 Å². The average molecular weight is 429 g/mol. The summed E-state index contributed by atoms with van der Waals surface area (Å²) in [6.07, 6.45) is 16.5. The molecule has 2 rings (SSSR count). The van der Waals surface area contributed by atoms with Crippen LogP contribution in [-0.2, 0) is 16.1 Å². The molecule has 2 N–H and O–H groups in total. The van der Waals surface area contributed by atoms with Crippen LogP contribution in [0.5, 0.6) is 0 Å². The molecule has 0 aliphatic heterocycles. The molecule has 0 bridgehead atoms. The maximum Gasteiger partial charge on any atom is 0.220 e. The van der Waals surface area contributed by atoms with Gasteiger partial charge in [-0.15, -0.1) is 0 Å². The molecule has 0 aromatic carbocycles. The van der Waals surface area contributed by atoms with Crippen molar-refractivity contribution in [3.8, 4) is 0 Å². The minimum atomic E-state index is -0.383. The lowest BCUT2D eigenvalue weighted by molar-refractivity contribution is -0.122. The minimum Gasteiger partial charge on any atom is -0.389 e. The number of ketones is 1. The van der Waals surface area contributed by atoms with Crippen LogP contribution >= 0.6 is 0 Å². The quantitative estimate of drug-likeness (QED) is 0.300. The summed E-state index contributed by atoms with van der Waals surface area (Å²) in [5.41, 5.74) is 0.870. The van der Waals surface area contributed by atoms with E-state index < -0.39 is 0 Å². The minimum absolute atomic E-state index is 0.0688. The van der Waals surface area contributed by atoms with Gasteiger partial charge in [0.1, 0.15) is 5.78 Å². The molecule has 1 aromatic heterocycles. The molecule has 5 nitrogen and oxygen atoms in total. The van der Waals surface area contributed by atoms with Crippen LogP contribution in [0.4, 0.5) is 0 Å². The van der Waals surface area contributed by atoms with Crippen molar-refractivity contribution < 1.29 is 14.7 Å². The second-order valence-corrected chi connectivity index (χ2v) is 8.77. The lowest BCUT2D eigenvalue weighted by Gasteiger charge is -2.15. The van der Waals surface area contributed by atoms with E-state index in [0.717, 1.165) is 69.9 Å². The number of hydrogen-bond donors (Lipinski definition) is 2. The van der Waals surface area contributed by atoms with E-state index in [1.165, 1.54) is 0 Å². The number of aliphatic hydroxyl groups excluding tert-OH is 1. The first kappa shape index (κ1) is 25.3. The van der Waals surface area contributed by atoms with Crippen LogP contribution in [0.15, 0.2) is 36.5 Å². The fourth-order valence-corrected chi connectivity index (χ4v) is 4.29. The standard InChI is InChI=1S/C26H40N2O3/c1-2-3-6-12-23(29)17-15-21-16-18-25(30)24(21)13-7-4-5-8-14-26(31)28-20-22-11-9-10-19-27-22/h9-11,15,17,19,21,23-24,29H,2-8,12-14,16,18,20H2,1H3,(H,28,31)/t21-,23-,24+/m0/s1. The number of pyridine rings is 1. The second kappa shape index (κ2) is 14.9. The first-order valence-electron chi connectivity index (χ1n) is 12.2. The first-order valence-corrected chi connectivity index (χ1v) is 12.2. The van der Waals surface area contributed by atoms with Crippen LogP contribution in [0.1, 0.15) is 89.7 Å². The maximum atomic E-state index is 12.3. The topological polar surface area (TPSA) is 79.3 Å². The average Bonchev–Trinajstić information content (AvgIpc) is 3.13. The van der Waals surface area contributed by atoms with Crippen molar-refractivity contribution in [1.29, 1.82) is 0 Å².